The van der Waals surface area contributed by atoms with Crippen molar-refractivity contribution in [2.45, 2.75) is 6.54 Å². The number of rotatable bonds is 2. The van der Waals surface area contributed by atoms with Crippen LogP contribution in [0.5, 0.6) is 11.5 Å². The lowest BCUT2D eigenvalue weighted by Crippen LogP contribution is -2.12. The van der Waals surface area contributed by atoms with E-state index in [0.29, 0.717) is 0 Å². The van der Waals surface area contributed by atoms with Crippen molar-refractivity contribution in [1.82, 2.24) is 4.72 Å². The highest BCUT2D eigenvalue weighted by Crippen LogP contribution is 2.38. The van der Waals surface area contributed by atoms with Crippen molar-refractivity contribution in [2.24, 2.45) is 0 Å². The summed E-state index contributed by atoms with van der Waals surface area (Å²) in [6.45, 7) is 0.729. The number of hydrogen-bond donors (Lipinski definition) is 1. The molecule has 0 amide bonds. The van der Waals surface area contributed by atoms with Crippen LogP contribution in [0.1, 0.15) is 5.56 Å². The normalized spacial score (nSPS) is 13.6. The molecule has 1 heterocycles. The van der Waals surface area contributed by atoms with Gasteiger partial charge in [0, 0.05) is 17.7 Å². The van der Waals surface area contributed by atoms with Gasteiger partial charge < -0.3 is 8.92 Å². The zero-order valence-corrected chi connectivity index (χ0v) is 11.1. The van der Waals surface area contributed by atoms with E-state index < -0.39 is 0 Å². The van der Waals surface area contributed by atoms with Crippen LogP contribution in [-0.2, 0) is 6.54 Å². The molecule has 0 aromatic heterocycles. The van der Waals surface area contributed by atoms with Gasteiger partial charge in [0.15, 0.2) is 17.3 Å². The van der Waals surface area contributed by atoms with Crippen LogP contribution in [0.15, 0.2) is 36.4 Å². The average molecular weight is 277 g/mol. The molecule has 1 aliphatic heterocycles. The summed E-state index contributed by atoms with van der Waals surface area (Å²) in [4.78, 5) is 0. The van der Waals surface area contributed by atoms with E-state index >= 15 is 0 Å². The lowest BCUT2D eigenvalue weighted by molar-refractivity contribution is 0.386. The highest BCUT2D eigenvalue weighted by Gasteiger charge is 2.17. The molecule has 1 aliphatic rings. The van der Waals surface area contributed by atoms with Crippen molar-refractivity contribution in [3.05, 3.63) is 47.8 Å². The number of methoxy groups -OCH3 is 1. The Morgan fingerprint density at radius 3 is 3.00 bits per heavy atom. The number of halogens is 1. The molecule has 0 saturated heterocycles. The molecule has 0 saturated carbocycles. The number of hydrogen-bond acceptors (Lipinski definition) is 4. The van der Waals surface area contributed by atoms with Gasteiger partial charge in [0.05, 0.1) is 7.11 Å². The van der Waals surface area contributed by atoms with Crippen molar-refractivity contribution in [3.63, 3.8) is 0 Å². The molecular formula is C14H12FNO2S. The Morgan fingerprint density at radius 1 is 1.32 bits per heavy atom. The molecular weight excluding hydrogens is 265 g/mol. The van der Waals surface area contributed by atoms with Crippen LogP contribution in [0.4, 0.5) is 4.39 Å². The van der Waals surface area contributed by atoms with Gasteiger partial charge in [-0.2, -0.15) is 0 Å². The van der Waals surface area contributed by atoms with Gasteiger partial charge in [0.25, 0.3) is 0 Å². The van der Waals surface area contributed by atoms with Gasteiger partial charge in [0.1, 0.15) is 12.2 Å². The molecule has 0 atom stereocenters. The molecule has 1 N–H and O–H groups in total. The van der Waals surface area contributed by atoms with E-state index in [0.717, 1.165) is 29.0 Å². The predicted molar refractivity (Wildman–Crippen MR) is 73.4 cm³/mol. The van der Waals surface area contributed by atoms with Crippen LogP contribution in [-0.4, -0.2) is 7.11 Å². The third-order valence-electron chi connectivity index (χ3n) is 3.01. The van der Waals surface area contributed by atoms with E-state index in [2.05, 4.69) is 4.72 Å². The van der Waals surface area contributed by atoms with Gasteiger partial charge in [-0.15, -0.1) is 0 Å². The van der Waals surface area contributed by atoms with E-state index in [-0.39, 0.29) is 11.6 Å². The number of fused-ring (bicyclic) bond motifs is 1. The zero-order chi connectivity index (χ0) is 13.2. The third-order valence-corrected chi connectivity index (χ3v) is 3.52. The van der Waals surface area contributed by atoms with Crippen molar-refractivity contribution >= 4 is 12.2 Å². The molecule has 0 fully saturated rings. The largest absolute Gasteiger partial charge is 0.494 e. The lowest BCUT2D eigenvalue weighted by atomic mass is 10.0. The topological polar surface area (TPSA) is 30.5 Å². The summed E-state index contributed by atoms with van der Waals surface area (Å²) in [6.07, 6.45) is 0. The Balaban J connectivity index is 2.09. The fourth-order valence-electron chi connectivity index (χ4n) is 2.06. The SMILES string of the molecule is COc1ccc(-c2cccc3c2OSNC3)cc1F. The average Bonchev–Trinajstić information content (AvgIpc) is 2.46. The Kier molecular flexibility index (Phi) is 3.31. The minimum absolute atomic E-state index is 0.241. The van der Waals surface area contributed by atoms with Gasteiger partial charge in [-0.1, -0.05) is 24.3 Å². The summed E-state index contributed by atoms with van der Waals surface area (Å²) in [5.74, 6) is 0.653. The molecule has 19 heavy (non-hydrogen) atoms. The maximum absolute atomic E-state index is 13.8. The number of para-hydroxylation sites is 1. The monoisotopic (exact) mass is 277 g/mol. The molecule has 2 aromatic carbocycles. The van der Waals surface area contributed by atoms with Crippen LogP contribution in [0.3, 0.4) is 0 Å². The predicted octanol–water partition coefficient (Wildman–Crippen LogP) is 3.55. The summed E-state index contributed by atoms with van der Waals surface area (Å²) >= 11 is 1.19. The van der Waals surface area contributed by atoms with E-state index in [1.807, 2.05) is 24.3 Å². The second-order valence-electron chi connectivity index (χ2n) is 4.13. The van der Waals surface area contributed by atoms with Crippen molar-refractivity contribution in [2.75, 3.05) is 7.11 Å². The minimum atomic E-state index is -0.376. The number of benzene rings is 2. The fraction of sp³-hybridized carbons (Fsp3) is 0.143. The second kappa shape index (κ2) is 5.11. The highest BCUT2D eigenvalue weighted by atomic mass is 32.2. The van der Waals surface area contributed by atoms with Crippen LogP contribution in [0, 0.1) is 5.82 Å². The number of ether oxygens (including phenoxy) is 1. The Labute approximate surface area is 115 Å². The smallest absolute Gasteiger partial charge is 0.165 e. The first-order valence-corrected chi connectivity index (χ1v) is 6.56. The molecule has 0 aliphatic carbocycles. The quantitative estimate of drug-likeness (QED) is 0.672. The van der Waals surface area contributed by atoms with Crippen molar-refractivity contribution in [3.8, 4) is 22.6 Å². The Hall–Kier alpha value is -1.72. The van der Waals surface area contributed by atoms with E-state index in [1.54, 1.807) is 6.07 Å². The second-order valence-corrected chi connectivity index (χ2v) is 4.75. The summed E-state index contributed by atoms with van der Waals surface area (Å²) in [5, 5.41) is 0. The van der Waals surface area contributed by atoms with Crippen LogP contribution in [0.25, 0.3) is 11.1 Å². The Morgan fingerprint density at radius 2 is 2.21 bits per heavy atom. The van der Waals surface area contributed by atoms with Gasteiger partial charge in [-0.25, -0.2) is 9.11 Å². The zero-order valence-electron chi connectivity index (χ0n) is 10.3. The highest BCUT2D eigenvalue weighted by molar-refractivity contribution is 7.93. The van der Waals surface area contributed by atoms with Crippen LogP contribution < -0.4 is 13.6 Å². The van der Waals surface area contributed by atoms with Gasteiger partial charge >= 0.3 is 0 Å². The minimum Gasteiger partial charge on any atom is -0.494 e. The molecule has 0 unspecified atom stereocenters. The number of nitrogens with one attached hydrogen (secondary N) is 1. The fourth-order valence-corrected chi connectivity index (χ4v) is 2.62. The standard InChI is InChI=1S/C14H12FNO2S/c1-17-13-6-5-9(7-12(13)15)11-4-2-3-10-8-16-19-18-14(10)11/h2-7,16H,8H2,1H3. The Bertz CT molecular complexity index is 618. The molecule has 3 nitrogen and oxygen atoms in total. The van der Waals surface area contributed by atoms with Crippen LogP contribution in [0.2, 0.25) is 0 Å². The molecule has 2 aromatic rings. The summed E-state index contributed by atoms with van der Waals surface area (Å²) in [5.41, 5.74) is 2.72. The van der Waals surface area contributed by atoms with E-state index in [1.165, 1.54) is 25.4 Å². The lowest BCUT2D eigenvalue weighted by Gasteiger charge is -2.19. The van der Waals surface area contributed by atoms with E-state index in [4.69, 9.17) is 8.92 Å². The summed E-state index contributed by atoms with van der Waals surface area (Å²) in [7, 11) is 1.45. The maximum Gasteiger partial charge on any atom is 0.165 e. The first kappa shape index (κ1) is 12.3. The molecule has 3 rings (SSSR count). The molecule has 5 heteroatoms. The third kappa shape index (κ3) is 2.27. The van der Waals surface area contributed by atoms with Crippen molar-refractivity contribution in [1.29, 1.82) is 0 Å². The van der Waals surface area contributed by atoms with Gasteiger partial charge in [0.2, 0.25) is 0 Å². The molecule has 98 valence electrons. The van der Waals surface area contributed by atoms with Gasteiger partial charge in [-0.05, 0) is 17.7 Å². The first-order valence-electron chi connectivity index (χ1n) is 5.82. The maximum atomic E-state index is 13.8. The first-order chi connectivity index (χ1) is 9.29. The summed E-state index contributed by atoms with van der Waals surface area (Å²) in [6, 6.07) is 10.8. The van der Waals surface area contributed by atoms with E-state index in [9.17, 15) is 4.39 Å². The molecule has 0 bridgehead atoms. The molecule has 0 radical (unpaired) electrons. The molecule has 0 spiro atoms. The van der Waals surface area contributed by atoms with Crippen LogP contribution >= 0.6 is 12.2 Å². The van der Waals surface area contributed by atoms with Crippen molar-refractivity contribution < 1.29 is 13.3 Å². The summed E-state index contributed by atoms with van der Waals surface area (Å²) < 4.78 is 27.3. The van der Waals surface area contributed by atoms with Gasteiger partial charge in [-0.3, -0.25) is 0 Å².